The molecule has 1 atom stereocenters. The van der Waals surface area contributed by atoms with Gasteiger partial charge in [-0.1, -0.05) is 42.6 Å². The lowest BCUT2D eigenvalue weighted by molar-refractivity contribution is -0.140. The topological polar surface area (TPSA) is 67.9 Å². The average molecular weight is 495 g/mol. The molecule has 1 N–H and O–H groups in total. The van der Waals surface area contributed by atoms with E-state index in [9.17, 15) is 9.59 Å². The van der Waals surface area contributed by atoms with Crippen LogP contribution in [0.1, 0.15) is 45.1 Å². The molecule has 2 aromatic carbocycles. The Hall–Kier alpha value is -2.44. The summed E-state index contributed by atoms with van der Waals surface area (Å²) in [5, 5.41) is 3.76. The third-order valence-electron chi connectivity index (χ3n) is 5.20. The number of ether oxygens (including phenoxy) is 2. The Balaban J connectivity index is 1.99. The molecule has 0 spiro atoms. The van der Waals surface area contributed by atoms with E-state index in [1.54, 1.807) is 31.1 Å². The van der Waals surface area contributed by atoms with Gasteiger partial charge in [0.25, 0.3) is 0 Å². The highest BCUT2D eigenvalue weighted by Gasteiger charge is 2.25. The summed E-state index contributed by atoms with van der Waals surface area (Å²) < 4.78 is 10.9. The molecule has 33 heavy (non-hydrogen) atoms. The molecule has 0 aromatic heterocycles. The normalized spacial score (nSPS) is 11.5. The zero-order valence-electron chi connectivity index (χ0n) is 19.4. The molecule has 180 valence electrons. The van der Waals surface area contributed by atoms with E-state index in [0.717, 1.165) is 24.2 Å². The highest BCUT2D eigenvalue weighted by atomic mass is 35.5. The van der Waals surface area contributed by atoms with Gasteiger partial charge >= 0.3 is 0 Å². The Kier molecular flexibility index (Phi) is 11.3. The van der Waals surface area contributed by atoms with Gasteiger partial charge in [-0.25, -0.2) is 0 Å². The van der Waals surface area contributed by atoms with Crippen molar-refractivity contribution in [3.05, 3.63) is 58.1 Å². The third kappa shape index (κ3) is 8.78. The van der Waals surface area contributed by atoms with Gasteiger partial charge in [-0.15, -0.1) is 0 Å². The summed E-state index contributed by atoms with van der Waals surface area (Å²) in [5.41, 5.74) is 0.806. The number of benzene rings is 2. The second kappa shape index (κ2) is 14.0. The van der Waals surface area contributed by atoms with Gasteiger partial charge in [0.1, 0.15) is 17.5 Å². The predicted molar refractivity (Wildman–Crippen MR) is 132 cm³/mol. The number of amides is 2. The number of nitrogens with one attached hydrogen (secondary N) is 1. The van der Waals surface area contributed by atoms with Crippen LogP contribution in [0.5, 0.6) is 11.5 Å². The smallest absolute Gasteiger partial charge is 0.242 e. The maximum absolute atomic E-state index is 13.1. The van der Waals surface area contributed by atoms with E-state index < -0.39 is 6.04 Å². The summed E-state index contributed by atoms with van der Waals surface area (Å²) >= 11 is 12.2. The Morgan fingerprint density at radius 1 is 1.03 bits per heavy atom. The minimum absolute atomic E-state index is 0.127. The zero-order valence-corrected chi connectivity index (χ0v) is 20.9. The lowest BCUT2D eigenvalue weighted by Gasteiger charge is -2.29. The number of nitrogens with zero attached hydrogens (tertiary/aromatic N) is 1. The first-order valence-electron chi connectivity index (χ1n) is 11.1. The molecule has 0 saturated heterocycles. The molecular formula is C25H32Cl2N2O4. The standard InChI is InChI=1S/C25H32Cl2N2O4/c1-4-5-14-28-25(31)18(2)29(17-19-8-13-22(26)23(27)16-19)24(30)7-6-15-33-21-11-9-20(32-3)10-12-21/h8-13,16,18H,4-7,14-15,17H2,1-3H3,(H,28,31)/t18-/m0/s1. The Labute approximate surface area is 206 Å². The second-order valence-electron chi connectivity index (χ2n) is 7.72. The number of halogens is 2. The molecule has 0 radical (unpaired) electrons. The number of carbonyl (C=O) groups is 2. The van der Waals surface area contributed by atoms with Crippen LogP contribution in [0.15, 0.2) is 42.5 Å². The largest absolute Gasteiger partial charge is 0.497 e. The quantitative estimate of drug-likeness (QED) is 0.373. The van der Waals surface area contributed by atoms with E-state index in [2.05, 4.69) is 12.2 Å². The highest BCUT2D eigenvalue weighted by molar-refractivity contribution is 6.42. The van der Waals surface area contributed by atoms with Gasteiger partial charge in [0.2, 0.25) is 11.8 Å². The summed E-state index contributed by atoms with van der Waals surface area (Å²) in [6.07, 6.45) is 2.65. The fourth-order valence-electron chi connectivity index (χ4n) is 3.18. The van der Waals surface area contributed by atoms with Crippen molar-refractivity contribution in [2.75, 3.05) is 20.3 Å². The van der Waals surface area contributed by atoms with Crippen LogP contribution in [0.25, 0.3) is 0 Å². The van der Waals surface area contributed by atoms with Crippen LogP contribution in [-0.2, 0) is 16.1 Å². The maximum Gasteiger partial charge on any atom is 0.242 e. The van der Waals surface area contributed by atoms with Gasteiger partial charge in [-0.05, 0) is 61.7 Å². The molecule has 0 aliphatic heterocycles. The molecule has 6 nitrogen and oxygen atoms in total. The zero-order chi connectivity index (χ0) is 24.2. The van der Waals surface area contributed by atoms with E-state index in [4.69, 9.17) is 32.7 Å². The molecule has 0 saturated carbocycles. The number of carbonyl (C=O) groups excluding carboxylic acids is 2. The van der Waals surface area contributed by atoms with E-state index in [1.165, 1.54) is 0 Å². The van der Waals surface area contributed by atoms with Gasteiger partial charge in [-0.2, -0.15) is 0 Å². The molecule has 0 aliphatic carbocycles. The van der Waals surface area contributed by atoms with E-state index in [1.807, 2.05) is 30.3 Å². The van der Waals surface area contributed by atoms with Crippen molar-refractivity contribution in [3.8, 4) is 11.5 Å². The summed E-state index contributed by atoms with van der Waals surface area (Å²) in [4.78, 5) is 27.3. The number of hydrogen-bond acceptors (Lipinski definition) is 4. The molecule has 0 aliphatic rings. The highest BCUT2D eigenvalue weighted by Crippen LogP contribution is 2.24. The predicted octanol–water partition coefficient (Wildman–Crippen LogP) is 5.49. The van der Waals surface area contributed by atoms with Crippen molar-refractivity contribution in [2.45, 2.75) is 52.1 Å². The third-order valence-corrected chi connectivity index (χ3v) is 5.94. The van der Waals surface area contributed by atoms with Gasteiger partial charge in [0.05, 0.1) is 23.8 Å². The number of rotatable bonds is 13. The van der Waals surface area contributed by atoms with E-state index in [0.29, 0.717) is 35.4 Å². The lowest BCUT2D eigenvalue weighted by Crippen LogP contribution is -2.47. The van der Waals surface area contributed by atoms with Gasteiger partial charge in [0.15, 0.2) is 0 Å². The summed E-state index contributed by atoms with van der Waals surface area (Å²) in [5.74, 6) is 1.16. The monoisotopic (exact) mass is 494 g/mol. The van der Waals surface area contributed by atoms with Crippen molar-refractivity contribution in [3.63, 3.8) is 0 Å². The van der Waals surface area contributed by atoms with Gasteiger partial charge < -0.3 is 19.7 Å². The first-order valence-corrected chi connectivity index (χ1v) is 11.9. The number of methoxy groups -OCH3 is 1. The van der Waals surface area contributed by atoms with Crippen molar-refractivity contribution >= 4 is 35.0 Å². The SMILES string of the molecule is CCCCNC(=O)[C@H](C)N(Cc1ccc(Cl)c(Cl)c1)C(=O)CCCOc1ccc(OC)cc1. The van der Waals surface area contributed by atoms with Crippen LogP contribution in [0.2, 0.25) is 10.0 Å². The first-order chi connectivity index (χ1) is 15.8. The van der Waals surface area contributed by atoms with Crippen LogP contribution in [0, 0.1) is 0 Å². The molecule has 0 fully saturated rings. The molecule has 0 unspecified atom stereocenters. The van der Waals surface area contributed by atoms with Crippen LogP contribution in [0.3, 0.4) is 0 Å². The Morgan fingerprint density at radius 3 is 2.36 bits per heavy atom. The molecule has 8 heteroatoms. The van der Waals surface area contributed by atoms with Crippen LogP contribution in [-0.4, -0.2) is 43.0 Å². The van der Waals surface area contributed by atoms with Crippen molar-refractivity contribution in [1.82, 2.24) is 10.2 Å². The Morgan fingerprint density at radius 2 is 1.73 bits per heavy atom. The molecular weight excluding hydrogens is 463 g/mol. The second-order valence-corrected chi connectivity index (χ2v) is 8.53. The van der Waals surface area contributed by atoms with Crippen molar-refractivity contribution in [1.29, 1.82) is 0 Å². The molecule has 0 bridgehead atoms. The lowest BCUT2D eigenvalue weighted by atomic mass is 10.1. The van der Waals surface area contributed by atoms with Crippen molar-refractivity contribution in [2.24, 2.45) is 0 Å². The Bertz CT molecular complexity index is 906. The van der Waals surface area contributed by atoms with Crippen molar-refractivity contribution < 1.29 is 19.1 Å². The van der Waals surface area contributed by atoms with Crippen LogP contribution >= 0.6 is 23.2 Å². The fraction of sp³-hybridized carbons (Fsp3) is 0.440. The summed E-state index contributed by atoms with van der Waals surface area (Å²) in [6, 6.07) is 11.9. The first kappa shape index (κ1) is 26.8. The summed E-state index contributed by atoms with van der Waals surface area (Å²) in [6.45, 7) is 5.03. The van der Waals surface area contributed by atoms with Gasteiger partial charge in [-0.3, -0.25) is 9.59 Å². The maximum atomic E-state index is 13.1. The summed E-state index contributed by atoms with van der Waals surface area (Å²) in [7, 11) is 1.61. The minimum atomic E-state index is -0.619. The molecule has 2 aromatic rings. The number of hydrogen-bond donors (Lipinski definition) is 1. The number of unbranched alkanes of at least 4 members (excludes halogenated alkanes) is 1. The molecule has 0 heterocycles. The van der Waals surface area contributed by atoms with E-state index in [-0.39, 0.29) is 24.8 Å². The molecule has 2 rings (SSSR count). The fourth-order valence-corrected chi connectivity index (χ4v) is 3.50. The van der Waals surface area contributed by atoms with Crippen LogP contribution in [0.4, 0.5) is 0 Å². The molecule has 2 amide bonds. The average Bonchev–Trinajstić information content (AvgIpc) is 2.82. The van der Waals surface area contributed by atoms with Crippen LogP contribution < -0.4 is 14.8 Å². The van der Waals surface area contributed by atoms with E-state index >= 15 is 0 Å². The minimum Gasteiger partial charge on any atom is -0.497 e. The van der Waals surface area contributed by atoms with Gasteiger partial charge in [0, 0.05) is 19.5 Å².